The van der Waals surface area contributed by atoms with Gasteiger partial charge in [0.2, 0.25) is 5.91 Å². The van der Waals surface area contributed by atoms with Gasteiger partial charge < -0.3 is 14.7 Å². The molecular formula is C23H23F4N5OS. The summed E-state index contributed by atoms with van der Waals surface area (Å²) in [6.07, 6.45) is -1.93. The zero-order valence-corrected chi connectivity index (χ0v) is 19.1. The molecule has 1 amide bonds. The predicted molar refractivity (Wildman–Crippen MR) is 123 cm³/mol. The van der Waals surface area contributed by atoms with Crippen LogP contribution in [0.3, 0.4) is 0 Å². The summed E-state index contributed by atoms with van der Waals surface area (Å²) < 4.78 is 53.1. The van der Waals surface area contributed by atoms with Gasteiger partial charge in [-0.15, -0.1) is 0 Å². The SMILES string of the molecule is O=C(C1CCCN(c2nc3c(F)cccc3s2)C1)N1CCN(c2ccc(C(F)(F)F)cn2)CC1. The summed E-state index contributed by atoms with van der Waals surface area (Å²) in [6.45, 7) is 3.32. The van der Waals surface area contributed by atoms with E-state index < -0.39 is 11.7 Å². The van der Waals surface area contributed by atoms with E-state index in [1.807, 2.05) is 15.9 Å². The normalized spacial score (nSPS) is 19.6. The van der Waals surface area contributed by atoms with E-state index in [9.17, 15) is 22.4 Å². The van der Waals surface area contributed by atoms with Crippen LogP contribution >= 0.6 is 11.3 Å². The fourth-order valence-electron chi connectivity index (χ4n) is 4.55. The lowest BCUT2D eigenvalue weighted by atomic mass is 9.96. The standard InChI is InChI=1S/C23H23F4N5OS/c24-17-4-1-5-18-20(17)29-22(34-18)32-8-2-3-15(14-32)21(33)31-11-9-30(10-12-31)19-7-6-16(13-28-19)23(25,26)27/h1,4-7,13,15H,2-3,8-12,14H2. The highest BCUT2D eigenvalue weighted by Gasteiger charge is 2.33. The minimum absolute atomic E-state index is 0.0806. The highest BCUT2D eigenvalue weighted by Crippen LogP contribution is 2.33. The molecule has 2 saturated heterocycles. The molecule has 180 valence electrons. The van der Waals surface area contributed by atoms with Gasteiger partial charge in [0.15, 0.2) is 5.13 Å². The quantitative estimate of drug-likeness (QED) is 0.506. The van der Waals surface area contributed by atoms with Crippen LogP contribution in [-0.2, 0) is 11.0 Å². The number of piperidine rings is 1. The van der Waals surface area contributed by atoms with Crippen LogP contribution in [0, 0.1) is 11.7 Å². The molecule has 1 unspecified atom stereocenters. The van der Waals surface area contributed by atoms with Crippen LogP contribution in [0.25, 0.3) is 10.2 Å². The van der Waals surface area contributed by atoms with Gasteiger partial charge in [0.05, 0.1) is 16.2 Å². The van der Waals surface area contributed by atoms with Gasteiger partial charge in [-0.25, -0.2) is 14.4 Å². The Morgan fingerprint density at radius 3 is 2.50 bits per heavy atom. The first-order chi connectivity index (χ1) is 16.3. The number of fused-ring (bicyclic) bond motifs is 1. The molecule has 2 aliphatic heterocycles. The summed E-state index contributed by atoms with van der Waals surface area (Å²) in [7, 11) is 0. The number of thiazole rings is 1. The highest BCUT2D eigenvalue weighted by atomic mass is 32.1. The fraction of sp³-hybridized carbons (Fsp3) is 0.435. The number of anilines is 2. The number of nitrogens with zero attached hydrogens (tertiary/aromatic N) is 5. The Balaban J connectivity index is 1.20. The van der Waals surface area contributed by atoms with Crippen molar-refractivity contribution in [2.24, 2.45) is 5.92 Å². The van der Waals surface area contributed by atoms with Crippen LogP contribution in [0.15, 0.2) is 36.5 Å². The average Bonchev–Trinajstić information content (AvgIpc) is 3.29. The number of benzene rings is 1. The number of para-hydroxylation sites is 1. The molecule has 6 nitrogen and oxygen atoms in total. The van der Waals surface area contributed by atoms with Gasteiger partial charge in [-0.3, -0.25) is 4.79 Å². The third-order valence-corrected chi connectivity index (χ3v) is 7.47. The number of amides is 1. The maximum absolute atomic E-state index is 14.0. The maximum Gasteiger partial charge on any atom is 0.417 e. The largest absolute Gasteiger partial charge is 0.417 e. The second-order valence-corrected chi connectivity index (χ2v) is 9.59. The van der Waals surface area contributed by atoms with Gasteiger partial charge in [-0.2, -0.15) is 13.2 Å². The molecule has 4 heterocycles. The zero-order chi connectivity index (χ0) is 23.9. The van der Waals surface area contributed by atoms with Crippen LogP contribution in [0.5, 0.6) is 0 Å². The highest BCUT2D eigenvalue weighted by molar-refractivity contribution is 7.22. The Kier molecular flexibility index (Phi) is 6.05. The first-order valence-corrected chi connectivity index (χ1v) is 12.0. The molecule has 0 aliphatic carbocycles. The molecule has 1 aromatic carbocycles. The van der Waals surface area contributed by atoms with Gasteiger partial charge in [-0.05, 0) is 37.1 Å². The van der Waals surface area contributed by atoms with E-state index >= 15 is 0 Å². The summed E-state index contributed by atoms with van der Waals surface area (Å²) in [6, 6.07) is 7.32. The molecular weight excluding hydrogens is 470 g/mol. The average molecular weight is 494 g/mol. The number of halogens is 4. The number of hydrogen-bond acceptors (Lipinski definition) is 6. The number of alkyl halides is 3. The molecule has 0 N–H and O–H groups in total. The monoisotopic (exact) mass is 493 g/mol. The molecule has 0 saturated carbocycles. The van der Waals surface area contributed by atoms with Crippen LogP contribution < -0.4 is 9.80 Å². The maximum atomic E-state index is 14.0. The molecule has 0 radical (unpaired) electrons. The van der Waals surface area contributed by atoms with Crippen molar-refractivity contribution < 1.29 is 22.4 Å². The van der Waals surface area contributed by atoms with Gasteiger partial charge in [0.25, 0.3) is 0 Å². The Hall–Kier alpha value is -2.95. The summed E-state index contributed by atoms with van der Waals surface area (Å²) in [4.78, 5) is 27.4. The molecule has 0 spiro atoms. The van der Waals surface area contributed by atoms with Crippen molar-refractivity contribution in [3.8, 4) is 0 Å². The van der Waals surface area contributed by atoms with Crippen molar-refractivity contribution in [1.29, 1.82) is 0 Å². The van der Waals surface area contributed by atoms with E-state index in [1.54, 1.807) is 6.07 Å². The lowest BCUT2D eigenvalue weighted by molar-refractivity contribution is -0.138. The number of hydrogen-bond donors (Lipinski definition) is 0. The number of pyridine rings is 1. The first kappa shape index (κ1) is 22.8. The van der Waals surface area contributed by atoms with Gasteiger partial charge in [0, 0.05) is 45.5 Å². The van der Waals surface area contributed by atoms with Crippen molar-refractivity contribution in [2.45, 2.75) is 19.0 Å². The minimum Gasteiger partial charge on any atom is -0.353 e. The summed E-state index contributed by atoms with van der Waals surface area (Å²) in [5.74, 6) is 0.0513. The molecule has 1 atom stereocenters. The molecule has 0 bridgehead atoms. The molecule has 11 heteroatoms. The second-order valence-electron chi connectivity index (χ2n) is 8.58. The smallest absolute Gasteiger partial charge is 0.353 e. The fourth-order valence-corrected chi connectivity index (χ4v) is 5.56. The Labute approximate surface area is 197 Å². The Bertz CT molecular complexity index is 1170. The van der Waals surface area contributed by atoms with E-state index in [2.05, 4.69) is 14.9 Å². The van der Waals surface area contributed by atoms with E-state index in [0.29, 0.717) is 44.1 Å². The molecule has 5 rings (SSSR count). The number of carbonyl (C=O) groups excluding carboxylic acids is 1. The lowest BCUT2D eigenvalue weighted by Gasteiger charge is -2.39. The van der Waals surface area contributed by atoms with Crippen molar-refractivity contribution >= 4 is 38.4 Å². The van der Waals surface area contributed by atoms with Crippen LogP contribution in [0.2, 0.25) is 0 Å². The third kappa shape index (κ3) is 4.53. The van der Waals surface area contributed by atoms with E-state index in [1.165, 1.54) is 23.5 Å². The van der Waals surface area contributed by atoms with Crippen LogP contribution in [0.1, 0.15) is 18.4 Å². The predicted octanol–water partition coefficient (Wildman–Crippen LogP) is 4.41. The molecule has 3 aromatic rings. The van der Waals surface area contributed by atoms with Gasteiger partial charge in [0.1, 0.15) is 17.2 Å². The zero-order valence-electron chi connectivity index (χ0n) is 18.3. The van der Waals surface area contributed by atoms with E-state index in [4.69, 9.17) is 0 Å². The van der Waals surface area contributed by atoms with E-state index in [-0.39, 0.29) is 17.6 Å². The van der Waals surface area contributed by atoms with Crippen LogP contribution in [0.4, 0.5) is 28.5 Å². The topological polar surface area (TPSA) is 52.6 Å². The lowest BCUT2D eigenvalue weighted by Crippen LogP contribution is -2.52. The number of rotatable bonds is 3. The van der Waals surface area contributed by atoms with Crippen molar-refractivity contribution in [2.75, 3.05) is 49.1 Å². The van der Waals surface area contributed by atoms with Gasteiger partial charge >= 0.3 is 6.18 Å². The summed E-state index contributed by atoms with van der Waals surface area (Å²) in [5, 5.41) is 0.732. The first-order valence-electron chi connectivity index (χ1n) is 11.2. The number of piperazine rings is 1. The number of aromatic nitrogens is 2. The second kappa shape index (κ2) is 9.01. The Morgan fingerprint density at radius 2 is 1.82 bits per heavy atom. The molecule has 2 aliphatic rings. The molecule has 34 heavy (non-hydrogen) atoms. The number of carbonyl (C=O) groups is 1. The van der Waals surface area contributed by atoms with Crippen molar-refractivity contribution in [3.63, 3.8) is 0 Å². The van der Waals surface area contributed by atoms with Crippen LogP contribution in [-0.4, -0.2) is 60.0 Å². The minimum atomic E-state index is -4.41. The summed E-state index contributed by atoms with van der Waals surface area (Å²) >= 11 is 1.43. The third-order valence-electron chi connectivity index (χ3n) is 6.39. The summed E-state index contributed by atoms with van der Waals surface area (Å²) in [5.41, 5.74) is -0.410. The molecule has 2 fully saturated rings. The molecule has 2 aromatic heterocycles. The Morgan fingerprint density at radius 1 is 1.03 bits per heavy atom. The van der Waals surface area contributed by atoms with E-state index in [0.717, 1.165) is 41.5 Å². The van der Waals surface area contributed by atoms with Crippen molar-refractivity contribution in [1.82, 2.24) is 14.9 Å². The van der Waals surface area contributed by atoms with Gasteiger partial charge in [-0.1, -0.05) is 17.4 Å². The van der Waals surface area contributed by atoms with Crippen molar-refractivity contribution in [3.05, 3.63) is 47.9 Å².